The molecule has 0 spiro atoms. The van der Waals surface area contributed by atoms with E-state index < -0.39 is 5.78 Å². The van der Waals surface area contributed by atoms with Crippen LogP contribution in [-0.2, 0) is 4.79 Å². The van der Waals surface area contributed by atoms with E-state index in [1.807, 2.05) is 22.6 Å². The molecule has 1 aromatic rings. The van der Waals surface area contributed by atoms with Gasteiger partial charge >= 0.3 is 0 Å². The molecule has 20 heavy (non-hydrogen) atoms. The van der Waals surface area contributed by atoms with Crippen molar-refractivity contribution >= 4 is 40.3 Å². The maximum absolute atomic E-state index is 12.3. The Morgan fingerprint density at radius 3 is 2.75 bits per heavy atom. The number of hydrogen-bond acceptors (Lipinski definition) is 6. The van der Waals surface area contributed by atoms with Crippen LogP contribution in [0.2, 0.25) is 0 Å². The van der Waals surface area contributed by atoms with Gasteiger partial charge in [0.25, 0.3) is 0 Å². The number of nitroso groups, excluding NO2 is 1. The van der Waals surface area contributed by atoms with Crippen LogP contribution in [0.1, 0.15) is 15.9 Å². The van der Waals surface area contributed by atoms with Gasteiger partial charge in [0, 0.05) is 21.9 Å². The highest BCUT2D eigenvalue weighted by Gasteiger charge is 2.17. The Morgan fingerprint density at radius 1 is 1.50 bits per heavy atom. The van der Waals surface area contributed by atoms with E-state index in [0.29, 0.717) is 15.4 Å². The minimum Gasteiger partial charge on any atom is -0.395 e. The zero-order chi connectivity index (χ0) is 15.1. The van der Waals surface area contributed by atoms with Crippen LogP contribution < -0.4 is 5.32 Å². The van der Waals surface area contributed by atoms with Gasteiger partial charge in [-0.25, -0.2) is 0 Å². The zero-order valence-corrected chi connectivity index (χ0v) is 12.9. The van der Waals surface area contributed by atoms with Gasteiger partial charge in [-0.3, -0.25) is 9.59 Å². The lowest BCUT2D eigenvalue weighted by atomic mass is 9.99. The van der Waals surface area contributed by atoms with Crippen LogP contribution in [0.5, 0.6) is 0 Å². The number of carbonyl (C=O) groups excluding carboxylic acids is 2. The second-order valence-corrected chi connectivity index (χ2v) is 5.16. The molecule has 0 bridgehead atoms. The molecule has 0 saturated heterocycles. The molecule has 0 radical (unpaired) electrons. The highest BCUT2D eigenvalue weighted by Crippen LogP contribution is 2.26. The fourth-order valence-corrected chi connectivity index (χ4v) is 2.16. The number of nitrogens with zero attached hydrogens (tertiary/aromatic N) is 1. The summed E-state index contributed by atoms with van der Waals surface area (Å²) in [7, 11) is 0. The minimum atomic E-state index is -0.494. The zero-order valence-electron chi connectivity index (χ0n) is 10.7. The molecule has 7 heteroatoms. The summed E-state index contributed by atoms with van der Waals surface area (Å²) < 4.78 is 0.680. The Morgan fingerprint density at radius 2 is 2.20 bits per heavy atom. The summed E-state index contributed by atoms with van der Waals surface area (Å²) in [4.78, 5) is 34.0. The highest BCUT2D eigenvalue weighted by molar-refractivity contribution is 14.1. The molecule has 1 aromatic carbocycles. The lowest BCUT2D eigenvalue weighted by molar-refractivity contribution is -0.104. The second-order valence-electron chi connectivity index (χ2n) is 3.91. The van der Waals surface area contributed by atoms with E-state index in [9.17, 15) is 14.5 Å². The van der Waals surface area contributed by atoms with Gasteiger partial charge in [0.15, 0.2) is 12.1 Å². The molecule has 0 atom stereocenters. The molecular weight excluding hydrogens is 375 g/mol. The Hall–Kier alpha value is -1.61. The van der Waals surface area contributed by atoms with E-state index in [1.54, 1.807) is 19.1 Å². The predicted octanol–water partition coefficient (Wildman–Crippen LogP) is 1.84. The Bertz CT molecular complexity index is 570. The predicted molar refractivity (Wildman–Crippen MR) is 82.9 cm³/mol. The van der Waals surface area contributed by atoms with E-state index in [0.717, 1.165) is 0 Å². The van der Waals surface area contributed by atoms with Crippen molar-refractivity contribution in [2.24, 2.45) is 5.18 Å². The number of aliphatic hydroxyl groups excluding tert-OH is 1. The minimum absolute atomic E-state index is 0.0830. The van der Waals surface area contributed by atoms with E-state index in [1.165, 1.54) is 6.20 Å². The van der Waals surface area contributed by atoms with E-state index >= 15 is 0 Å². The fraction of sp³-hybridized carbons (Fsp3) is 0.231. The van der Waals surface area contributed by atoms with Crippen LogP contribution in [0.25, 0.3) is 0 Å². The van der Waals surface area contributed by atoms with Crippen molar-refractivity contribution in [1.29, 1.82) is 0 Å². The molecule has 0 heterocycles. The first-order valence-electron chi connectivity index (χ1n) is 5.73. The number of ketones is 1. The van der Waals surface area contributed by atoms with Gasteiger partial charge in [-0.1, -0.05) is 0 Å². The standard InChI is InChI=1S/C13H13IN2O4/c1-8-11(4-10(14)5-12(8)16-20)13(19)9(7-18)6-15-2-3-17/h4-7,15,17H,2-3H2,1H3. The van der Waals surface area contributed by atoms with E-state index in [2.05, 4.69) is 10.5 Å². The van der Waals surface area contributed by atoms with Gasteiger partial charge < -0.3 is 10.4 Å². The van der Waals surface area contributed by atoms with Crippen LogP contribution in [0, 0.1) is 15.4 Å². The van der Waals surface area contributed by atoms with Crippen LogP contribution in [0.3, 0.4) is 0 Å². The average molecular weight is 388 g/mol. The SMILES string of the molecule is Cc1c(N=O)cc(I)cc1C(=O)C(C=O)=CNCCO. The molecule has 0 fully saturated rings. The molecule has 2 N–H and O–H groups in total. The third-order valence-corrected chi connectivity index (χ3v) is 3.21. The number of carbonyl (C=O) groups is 2. The van der Waals surface area contributed by atoms with Crippen molar-refractivity contribution in [2.45, 2.75) is 6.92 Å². The lowest BCUT2D eigenvalue weighted by Gasteiger charge is -2.07. The van der Waals surface area contributed by atoms with Crippen LogP contribution >= 0.6 is 22.6 Å². The number of nitrogens with one attached hydrogen (secondary N) is 1. The Kier molecular flexibility index (Phi) is 6.46. The first-order chi connectivity index (χ1) is 9.54. The van der Waals surface area contributed by atoms with Crippen molar-refractivity contribution < 1.29 is 14.7 Å². The summed E-state index contributed by atoms with van der Waals surface area (Å²) in [6.45, 7) is 1.72. The normalized spacial score (nSPS) is 11.1. The van der Waals surface area contributed by atoms with E-state index in [-0.39, 0.29) is 30.0 Å². The van der Waals surface area contributed by atoms with Crippen LogP contribution in [-0.4, -0.2) is 30.3 Å². The number of Topliss-reactive ketones (excluding diaryl/α,β-unsaturated/α-hetero) is 1. The van der Waals surface area contributed by atoms with E-state index in [4.69, 9.17) is 5.11 Å². The maximum atomic E-state index is 12.3. The number of aldehydes is 1. The number of halogens is 1. The van der Waals surface area contributed by atoms with Gasteiger partial charge in [0.2, 0.25) is 0 Å². The maximum Gasteiger partial charge on any atom is 0.198 e. The summed E-state index contributed by atoms with van der Waals surface area (Å²) in [6, 6.07) is 3.16. The summed E-state index contributed by atoms with van der Waals surface area (Å²) in [5.74, 6) is -0.494. The molecule has 0 aromatic heterocycles. The summed E-state index contributed by atoms with van der Waals surface area (Å²) in [5.41, 5.74) is 0.783. The summed E-state index contributed by atoms with van der Waals surface area (Å²) >= 11 is 1.97. The molecule has 6 nitrogen and oxygen atoms in total. The average Bonchev–Trinajstić information content (AvgIpc) is 2.45. The van der Waals surface area contributed by atoms with Crippen molar-refractivity contribution in [3.8, 4) is 0 Å². The molecule has 1 rings (SSSR count). The largest absolute Gasteiger partial charge is 0.395 e. The molecular formula is C13H13IN2O4. The molecule has 0 unspecified atom stereocenters. The quantitative estimate of drug-likeness (QED) is 0.109. The first-order valence-corrected chi connectivity index (χ1v) is 6.80. The van der Waals surface area contributed by atoms with Crippen LogP contribution in [0.4, 0.5) is 5.69 Å². The monoisotopic (exact) mass is 388 g/mol. The summed E-state index contributed by atoms with van der Waals surface area (Å²) in [6.07, 6.45) is 1.68. The van der Waals surface area contributed by atoms with Gasteiger partial charge in [0.05, 0.1) is 12.2 Å². The Balaban J connectivity index is 3.19. The molecule has 0 aliphatic carbocycles. The molecule has 0 aliphatic heterocycles. The topological polar surface area (TPSA) is 95.8 Å². The van der Waals surface area contributed by atoms with Crippen molar-refractivity contribution in [1.82, 2.24) is 5.32 Å². The van der Waals surface area contributed by atoms with Crippen molar-refractivity contribution in [3.05, 3.63) is 43.5 Å². The van der Waals surface area contributed by atoms with Gasteiger partial charge in [-0.15, -0.1) is 4.91 Å². The number of benzene rings is 1. The van der Waals surface area contributed by atoms with Crippen molar-refractivity contribution in [3.63, 3.8) is 0 Å². The molecule has 106 valence electrons. The highest BCUT2D eigenvalue weighted by atomic mass is 127. The van der Waals surface area contributed by atoms with Gasteiger partial charge in [0.1, 0.15) is 5.69 Å². The second kappa shape index (κ2) is 7.85. The molecule has 0 aliphatic rings. The third-order valence-electron chi connectivity index (χ3n) is 2.59. The molecule has 0 saturated carbocycles. The molecule has 0 amide bonds. The number of rotatable bonds is 7. The van der Waals surface area contributed by atoms with Gasteiger partial charge in [-0.05, 0) is 52.4 Å². The number of hydrogen-bond donors (Lipinski definition) is 2. The third kappa shape index (κ3) is 3.94. The number of allylic oxidation sites excluding steroid dienone is 1. The smallest absolute Gasteiger partial charge is 0.198 e. The van der Waals surface area contributed by atoms with Crippen LogP contribution in [0.15, 0.2) is 29.1 Å². The fourth-order valence-electron chi connectivity index (χ4n) is 1.55. The van der Waals surface area contributed by atoms with Gasteiger partial charge in [-0.2, -0.15) is 0 Å². The Labute approximate surface area is 129 Å². The first kappa shape index (κ1) is 16.4. The summed E-state index contributed by atoms with van der Waals surface area (Å²) in [5, 5.41) is 14.2. The number of aliphatic hydroxyl groups is 1. The lowest BCUT2D eigenvalue weighted by Crippen LogP contribution is -2.15. The van der Waals surface area contributed by atoms with Crippen molar-refractivity contribution in [2.75, 3.05) is 13.2 Å².